The van der Waals surface area contributed by atoms with E-state index in [0.717, 1.165) is 0 Å². The fraction of sp³-hybridized carbons (Fsp3) is 0.333. The lowest BCUT2D eigenvalue weighted by Crippen LogP contribution is -2.06. The van der Waals surface area contributed by atoms with Gasteiger partial charge in [0, 0.05) is 0 Å². The van der Waals surface area contributed by atoms with Gasteiger partial charge in [-0.3, -0.25) is 0 Å². The minimum Gasteiger partial charge on any atom is -0.204 e. The van der Waals surface area contributed by atoms with Crippen LogP contribution >= 0.6 is 58.0 Å². The van der Waals surface area contributed by atoms with Crippen LogP contribution in [0.4, 0.5) is 26.3 Å². The molecule has 0 aromatic carbocycles. The fourth-order valence-electron chi connectivity index (χ4n) is 0.190. The number of alkyl halides is 5. The van der Waals surface area contributed by atoms with Gasteiger partial charge in [0.05, 0.1) is 0 Å². The summed E-state index contributed by atoms with van der Waals surface area (Å²) in [5.41, 5.74) is 0. The zero-order valence-corrected chi connectivity index (χ0v) is 11.0. The Morgan fingerprint density at radius 2 is 1.29 bits per heavy atom. The van der Waals surface area contributed by atoms with Crippen LogP contribution in [0, 0.1) is 0 Å². The van der Waals surface area contributed by atoms with E-state index in [9.17, 15) is 26.3 Å². The Morgan fingerprint density at radius 3 is 1.29 bits per heavy atom. The first-order valence-corrected chi connectivity index (χ1v) is 5.07. The number of hydrogen-bond donors (Lipinski definition) is 0. The summed E-state index contributed by atoms with van der Waals surface area (Å²) in [6, 6.07) is 0. The van der Waals surface area contributed by atoms with Crippen LogP contribution in [0.5, 0.6) is 0 Å². The molecule has 0 saturated carbocycles. The summed E-state index contributed by atoms with van der Waals surface area (Å²) in [6.07, 6.45) is -3.02. The zero-order chi connectivity index (χ0) is 14.4. The summed E-state index contributed by atoms with van der Waals surface area (Å²) in [4.78, 5) is 0. The quantitative estimate of drug-likeness (QED) is 0.398. The SMILES string of the molecule is FC(=C(Cl)Cl)C(F)(F)Cl.FC(Cl)=C(Cl)C(F)F. The van der Waals surface area contributed by atoms with E-state index in [2.05, 4.69) is 58.0 Å². The Balaban J connectivity index is 0. The van der Waals surface area contributed by atoms with Gasteiger partial charge in [-0.2, -0.15) is 13.2 Å². The molecule has 0 bridgehead atoms. The first-order valence-electron chi connectivity index (χ1n) is 3.18. The molecule has 0 nitrogen and oxygen atoms in total. The second-order valence-electron chi connectivity index (χ2n) is 1.98. The van der Waals surface area contributed by atoms with Crippen LogP contribution in [-0.2, 0) is 0 Å². The lowest BCUT2D eigenvalue weighted by atomic mass is 10.6. The Hall–Kier alpha value is 0.510. The highest BCUT2D eigenvalue weighted by atomic mass is 35.5. The molecule has 0 aliphatic carbocycles. The van der Waals surface area contributed by atoms with Crippen molar-refractivity contribution in [3.8, 4) is 0 Å². The van der Waals surface area contributed by atoms with Gasteiger partial charge in [0.2, 0.25) is 11.1 Å². The maximum Gasteiger partial charge on any atom is 0.376 e. The molecule has 17 heavy (non-hydrogen) atoms. The third-order valence-corrected chi connectivity index (χ3v) is 1.92. The molecule has 0 aromatic rings. The van der Waals surface area contributed by atoms with Crippen molar-refractivity contribution in [2.24, 2.45) is 0 Å². The van der Waals surface area contributed by atoms with Crippen LogP contribution in [0.15, 0.2) is 20.6 Å². The minimum absolute atomic E-state index is 1.16. The third kappa shape index (κ3) is 10.1. The molecule has 0 heterocycles. The Bertz CT molecular complexity index is 299. The maximum absolute atomic E-state index is 11.8. The highest BCUT2D eigenvalue weighted by Crippen LogP contribution is 2.34. The summed E-state index contributed by atoms with van der Waals surface area (Å²) in [5.74, 6) is -2.03. The van der Waals surface area contributed by atoms with E-state index in [0.29, 0.717) is 0 Å². The molecule has 0 unspecified atom stereocenters. The lowest BCUT2D eigenvalue weighted by Gasteiger charge is -2.02. The smallest absolute Gasteiger partial charge is 0.204 e. The first-order chi connectivity index (χ1) is 7.41. The molecular formula is C6HCl5F6. The predicted octanol–water partition coefficient (Wildman–Crippen LogP) is 6.30. The topological polar surface area (TPSA) is 0 Å². The van der Waals surface area contributed by atoms with E-state index in [1.807, 2.05) is 0 Å². The molecule has 0 fully saturated rings. The van der Waals surface area contributed by atoms with E-state index >= 15 is 0 Å². The third-order valence-electron chi connectivity index (χ3n) is 0.787. The fourth-order valence-corrected chi connectivity index (χ4v) is 0.701. The van der Waals surface area contributed by atoms with Crippen molar-refractivity contribution in [3.05, 3.63) is 20.6 Å². The van der Waals surface area contributed by atoms with Crippen LogP contribution in [-0.4, -0.2) is 11.8 Å². The van der Waals surface area contributed by atoms with Gasteiger partial charge >= 0.3 is 5.38 Å². The summed E-state index contributed by atoms with van der Waals surface area (Å²) >= 11 is 22.4. The molecule has 0 aliphatic rings. The first kappa shape index (κ1) is 19.8. The monoisotopic (exact) mass is 362 g/mol. The normalized spacial score (nSPS) is 12.7. The Morgan fingerprint density at radius 1 is 0.941 bits per heavy atom. The second-order valence-corrected chi connectivity index (χ2v) is 4.14. The molecule has 102 valence electrons. The van der Waals surface area contributed by atoms with E-state index in [-0.39, 0.29) is 0 Å². The van der Waals surface area contributed by atoms with E-state index in [4.69, 9.17) is 0 Å². The van der Waals surface area contributed by atoms with Crippen molar-refractivity contribution in [2.75, 3.05) is 0 Å². The summed E-state index contributed by atoms with van der Waals surface area (Å²) < 4.78 is 67.4. The van der Waals surface area contributed by atoms with E-state index < -0.39 is 32.4 Å². The van der Waals surface area contributed by atoms with Crippen LogP contribution < -0.4 is 0 Å². The number of allylic oxidation sites excluding steroid dienone is 2. The number of hydrogen-bond acceptors (Lipinski definition) is 0. The molecular weight excluding hydrogens is 363 g/mol. The average Bonchev–Trinajstić information content (AvgIpc) is 2.14. The van der Waals surface area contributed by atoms with Gasteiger partial charge < -0.3 is 0 Å². The molecule has 0 aliphatic heterocycles. The lowest BCUT2D eigenvalue weighted by molar-refractivity contribution is 0.110. The summed E-state index contributed by atoms with van der Waals surface area (Å²) in [6.45, 7) is 0. The van der Waals surface area contributed by atoms with Gasteiger partial charge in [-0.05, 0) is 23.2 Å². The largest absolute Gasteiger partial charge is 0.376 e. The molecule has 0 spiro atoms. The van der Waals surface area contributed by atoms with E-state index in [1.54, 1.807) is 0 Å². The predicted molar refractivity (Wildman–Crippen MR) is 56.5 cm³/mol. The molecule has 0 N–H and O–H groups in total. The van der Waals surface area contributed by atoms with E-state index in [1.165, 1.54) is 0 Å². The van der Waals surface area contributed by atoms with Gasteiger partial charge in [-0.25, -0.2) is 13.2 Å². The second kappa shape index (κ2) is 8.58. The maximum atomic E-state index is 11.8. The Kier molecular flexibility index (Phi) is 10.0. The molecule has 0 atom stereocenters. The highest BCUT2D eigenvalue weighted by Gasteiger charge is 2.34. The number of halogens is 11. The number of rotatable bonds is 2. The molecule has 0 amide bonds. The van der Waals surface area contributed by atoms with Gasteiger partial charge in [-0.1, -0.05) is 34.8 Å². The van der Waals surface area contributed by atoms with Gasteiger partial charge in [-0.15, -0.1) is 0 Å². The molecule has 11 heteroatoms. The van der Waals surface area contributed by atoms with Gasteiger partial charge in [0.1, 0.15) is 9.52 Å². The van der Waals surface area contributed by atoms with Gasteiger partial charge in [0.25, 0.3) is 6.43 Å². The van der Waals surface area contributed by atoms with Crippen LogP contribution in [0.25, 0.3) is 0 Å². The Labute approximate surface area is 117 Å². The average molecular weight is 364 g/mol. The van der Waals surface area contributed by atoms with Crippen molar-refractivity contribution in [1.82, 2.24) is 0 Å². The van der Waals surface area contributed by atoms with Crippen molar-refractivity contribution in [2.45, 2.75) is 11.8 Å². The molecule has 0 saturated heterocycles. The van der Waals surface area contributed by atoms with Crippen LogP contribution in [0.2, 0.25) is 0 Å². The molecule has 0 aromatic heterocycles. The molecule has 0 radical (unpaired) electrons. The zero-order valence-electron chi connectivity index (χ0n) is 7.23. The van der Waals surface area contributed by atoms with Crippen LogP contribution in [0.1, 0.15) is 0 Å². The van der Waals surface area contributed by atoms with Crippen LogP contribution in [0.3, 0.4) is 0 Å². The van der Waals surface area contributed by atoms with Crippen molar-refractivity contribution >= 4 is 58.0 Å². The highest BCUT2D eigenvalue weighted by molar-refractivity contribution is 6.56. The summed E-state index contributed by atoms with van der Waals surface area (Å²) in [5, 5.41) is -6.90. The van der Waals surface area contributed by atoms with Crippen molar-refractivity contribution in [1.29, 1.82) is 0 Å². The van der Waals surface area contributed by atoms with Gasteiger partial charge in [0.15, 0.2) is 0 Å². The summed E-state index contributed by atoms with van der Waals surface area (Å²) in [7, 11) is 0. The standard InChI is InChI=1S/C3Cl3F3.C3HCl2F3/c4-2(5)1(7)3(6,8)9;4-1(2(5)6)3(7)8/h;3H. The van der Waals surface area contributed by atoms with Crippen molar-refractivity contribution < 1.29 is 26.3 Å². The van der Waals surface area contributed by atoms with Crippen molar-refractivity contribution in [3.63, 3.8) is 0 Å². The minimum atomic E-state index is -4.10. The molecule has 0 rings (SSSR count).